The number of hydrogen-bond acceptors (Lipinski definition) is 13. The Balaban J connectivity index is 0.000000106. The summed E-state index contributed by atoms with van der Waals surface area (Å²) in [5.41, 5.74) is 20.9. The lowest BCUT2D eigenvalue weighted by Gasteiger charge is -2.10. The predicted octanol–water partition coefficient (Wildman–Crippen LogP) is 29.5. The van der Waals surface area contributed by atoms with Crippen LogP contribution in [-0.2, 0) is 0 Å². The minimum atomic E-state index is 0.589. The van der Waals surface area contributed by atoms with Crippen molar-refractivity contribution in [3.8, 4) is 120 Å². The van der Waals surface area contributed by atoms with Crippen molar-refractivity contribution in [2.75, 3.05) is 0 Å². The van der Waals surface area contributed by atoms with Gasteiger partial charge in [-0.2, -0.15) is 0 Å². The SMILES string of the molecule is c1ccc(-c2nc(-c3ccccc3)nc(-c3ccc(-n4c5ccccc5c5c6c(ccc54)oc4ccccc46)cc3)n2)cc1.c1ccc(-c2nc(-c3ccccc3)nc(-c3ccc(-n4c5ccccc5c5cc6c(cc54)oc4ccccc46)cc3)n2)cc1.c1ccc(-c2nc(-c3ccccc3)nc(-c3ccc(-n4c5ccccc5c5cc6c(cc54)sc4ccccc46)nc3)n2)cc1. The summed E-state index contributed by atoms with van der Waals surface area (Å²) in [6.45, 7) is 0. The molecule has 618 valence electrons. The average Bonchev–Trinajstić information content (AvgIpc) is 1.55. The van der Waals surface area contributed by atoms with Crippen LogP contribution in [0.1, 0.15) is 0 Å². The Kier molecular flexibility index (Phi) is 18.7. The largest absolute Gasteiger partial charge is 0.456 e. The maximum atomic E-state index is 6.28. The molecule has 10 heterocycles. The molecule has 0 fully saturated rings. The molecule has 0 bridgehead atoms. The summed E-state index contributed by atoms with van der Waals surface area (Å²) in [4.78, 5) is 48.9. The number of furan rings is 2. The smallest absolute Gasteiger partial charge is 0.165 e. The van der Waals surface area contributed by atoms with Crippen LogP contribution in [0.3, 0.4) is 0 Å². The molecule has 0 saturated carbocycles. The number of nitrogens with zero attached hydrogens (tertiary/aromatic N) is 13. The summed E-state index contributed by atoms with van der Waals surface area (Å²) in [7, 11) is 0. The summed E-state index contributed by atoms with van der Waals surface area (Å²) in [6.07, 6.45) is 1.87. The van der Waals surface area contributed by atoms with Crippen LogP contribution >= 0.6 is 11.3 Å². The van der Waals surface area contributed by atoms with Gasteiger partial charge in [-0.15, -0.1) is 11.3 Å². The first-order valence-electron chi connectivity index (χ1n) is 43.7. The van der Waals surface area contributed by atoms with Crippen molar-refractivity contribution in [1.82, 2.24) is 63.5 Å². The van der Waals surface area contributed by atoms with Gasteiger partial charge in [-0.25, -0.2) is 49.8 Å². The lowest BCUT2D eigenvalue weighted by Crippen LogP contribution is -2.01. The van der Waals surface area contributed by atoms with Crippen molar-refractivity contribution in [3.63, 3.8) is 0 Å². The molecular weight excluding hydrogens is 1640 g/mol. The Labute approximate surface area is 758 Å². The molecule has 16 heteroatoms. The lowest BCUT2D eigenvalue weighted by atomic mass is 10.1. The number of rotatable bonds is 12. The molecule has 132 heavy (non-hydrogen) atoms. The van der Waals surface area contributed by atoms with Crippen molar-refractivity contribution in [1.29, 1.82) is 0 Å². The molecular formula is C116H71N13O2S. The molecule has 15 nitrogen and oxygen atoms in total. The Bertz CT molecular complexity index is 8590. The fraction of sp³-hybridized carbons (Fsp3) is 0. The second-order valence-corrected chi connectivity index (χ2v) is 33.6. The van der Waals surface area contributed by atoms with E-state index in [9.17, 15) is 0 Å². The number of hydrogen-bond donors (Lipinski definition) is 0. The van der Waals surface area contributed by atoms with E-state index >= 15 is 0 Å². The van der Waals surface area contributed by atoms with Crippen LogP contribution in [0.4, 0.5) is 0 Å². The third-order valence-electron chi connectivity index (χ3n) is 24.6. The summed E-state index contributed by atoms with van der Waals surface area (Å²) in [5.74, 6) is 6.57. The second kappa shape index (κ2) is 32.2. The summed E-state index contributed by atoms with van der Waals surface area (Å²) in [6, 6.07) is 145. The predicted molar refractivity (Wildman–Crippen MR) is 537 cm³/mol. The quantitative estimate of drug-likeness (QED) is 0.114. The van der Waals surface area contributed by atoms with Gasteiger partial charge < -0.3 is 18.0 Å². The maximum absolute atomic E-state index is 6.28. The summed E-state index contributed by atoms with van der Waals surface area (Å²) < 4.78 is 22.0. The number of para-hydroxylation sites is 5. The van der Waals surface area contributed by atoms with E-state index in [0.717, 1.165) is 144 Å². The van der Waals surface area contributed by atoms with Crippen LogP contribution in [0, 0.1) is 0 Å². The molecule has 27 aromatic rings. The first kappa shape index (κ1) is 76.6. The van der Waals surface area contributed by atoms with Crippen LogP contribution in [0.5, 0.6) is 0 Å². The fourth-order valence-corrected chi connectivity index (χ4v) is 19.6. The Morgan fingerprint density at radius 3 is 0.985 bits per heavy atom. The number of pyridine rings is 1. The van der Waals surface area contributed by atoms with Crippen molar-refractivity contribution >= 4 is 141 Å². The molecule has 0 aliphatic rings. The molecule has 0 aliphatic heterocycles. The summed E-state index contributed by atoms with van der Waals surface area (Å²) in [5, 5.41) is 14.4. The van der Waals surface area contributed by atoms with Gasteiger partial charge in [0.1, 0.15) is 28.1 Å². The van der Waals surface area contributed by atoms with Crippen molar-refractivity contribution in [3.05, 3.63) is 431 Å². The Morgan fingerprint density at radius 1 is 0.182 bits per heavy atom. The minimum Gasteiger partial charge on any atom is -0.456 e. The van der Waals surface area contributed by atoms with Gasteiger partial charge in [0.2, 0.25) is 0 Å². The molecule has 10 aromatic heterocycles. The molecule has 0 unspecified atom stereocenters. The van der Waals surface area contributed by atoms with Crippen molar-refractivity contribution in [2.24, 2.45) is 0 Å². The number of aromatic nitrogens is 13. The lowest BCUT2D eigenvalue weighted by molar-refractivity contribution is 0.669. The van der Waals surface area contributed by atoms with Gasteiger partial charge in [-0.3, -0.25) is 4.57 Å². The van der Waals surface area contributed by atoms with Gasteiger partial charge >= 0.3 is 0 Å². The van der Waals surface area contributed by atoms with Gasteiger partial charge in [0, 0.05) is 148 Å². The van der Waals surface area contributed by atoms with E-state index in [1.165, 1.54) is 52.5 Å². The minimum absolute atomic E-state index is 0.589. The molecule has 0 saturated heterocycles. The molecule has 0 aliphatic carbocycles. The highest BCUT2D eigenvalue weighted by molar-refractivity contribution is 7.25. The number of thiophene rings is 1. The topological polar surface area (TPSA) is 170 Å². The van der Waals surface area contributed by atoms with E-state index in [4.69, 9.17) is 58.7 Å². The van der Waals surface area contributed by atoms with Gasteiger partial charge in [0.05, 0.1) is 33.1 Å². The first-order chi connectivity index (χ1) is 65.4. The van der Waals surface area contributed by atoms with E-state index in [0.29, 0.717) is 52.4 Å². The van der Waals surface area contributed by atoms with Crippen molar-refractivity contribution in [2.45, 2.75) is 0 Å². The number of fused-ring (bicyclic) bond motifs is 19. The normalized spacial score (nSPS) is 11.6. The average molecular weight is 1710 g/mol. The molecule has 27 rings (SSSR count). The van der Waals surface area contributed by atoms with Gasteiger partial charge in [0.15, 0.2) is 52.4 Å². The molecule has 0 spiro atoms. The van der Waals surface area contributed by atoms with E-state index in [1.54, 1.807) is 0 Å². The third-order valence-corrected chi connectivity index (χ3v) is 25.8. The zero-order valence-electron chi connectivity index (χ0n) is 70.5. The van der Waals surface area contributed by atoms with Crippen molar-refractivity contribution < 1.29 is 8.83 Å². The van der Waals surface area contributed by atoms with E-state index in [-0.39, 0.29) is 0 Å². The van der Waals surface area contributed by atoms with Crippen LogP contribution in [0.15, 0.2) is 440 Å². The molecule has 0 amide bonds. The van der Waals surface area contributed by atoms with Gasteiger partial charge in [-0.1, -0.05) is 291 Å². The maximum Gasteiger partial charge on any atom is 0.165 e. The molecule has 17 aromatic carbocycles. The highest BCUT2D eigenvalue weighted by atomic mass is 32.1. The molecule has 0 N–H and O–H groups in total. The van der Waals surface area contributed by atoms with Gasteiger partial charge in [0.25, 0.3) is 0 Å². The zero-order valence-corrected chi connectivity index (χ0v) is 71.3. The van der Waals surface area contributed by atoms with Crippen LogP contribution < -0.4 is 0 Å². The van der Waals surface area contributed by atoms with Crippen LogP contribution in [0.25, 0.3) is 249 Å². The standard InChI is InChI=1S/2C39H24N4O.C38H23N5S/c1-3-11-25(12-4-1)37-40-38(26-13-5-2-6-14-26)42-39(41-37)27-19-21-28(22-20-27)43-33-17-9-7-15-29(33)31-23-32-30-16-8-10-18-35(30)44-36(32)24-34(31)43;1-3-11-25(12-4-1)37-40-38(26-13-5-2-6-14-26)42-39(41-37)27-19-21-28(22-20-27)43-31-17-9-7-15-29(31)35-32(43)23-24-34-36(35)30-16-8-10-18-33(30)44-34;1-3-11-24(12-4-1)36-40-37(25-13-5-2-6-14-25)42-38(41-36)26-19-20-35(39-23-26)43-31-17-9-7-15-27(31)29-21-30-28-16-8-10-18-33(28)44-34(30)22-32(29)43/h2*1-24H;1-23H. The highest BCUT2D eigenvalue weighted by Gasteiger charge is 2.24. The van der Waals surface area contributed by atoms with E-state index < -0.39 is 0 Å². The molecule has 0 radical (unpaired) electrons. The third kappa shape index (κ3) is 13.6. The monoisotopic (exact) mass is 1710 g/mol. The zero-order chi connectivity index (χ0) is 87.1. The highest BCUT2D eigenvalue weighted by Crippen LogP contribution is 2.45. The van der Waals surface area contributed by atoms with Crippen LogP contribution in [0.2, 0.25) is 0 Å². The number of benzene rings is 17. The van der Waals surface area contributed by atoms with Crippen LogP contribution in [-0.4, -0.2) is 63.5 Å². The fourth-order valence-electron chi connectivity index (χ4n) is 18.4. The van der Waals surface area contributed by atoms with E-state index in [1.807, 2.05) is 224 Å². The molecule has 0 atom stereocenters. The first-order valence-corrected chi connectivity index (χ1v) is 44.6. The van der Waals surface area contributed by atoms with Gasteiger partial charge in [-0.05, 0) is 127 Å². The Morgan fingerprint density at radius 2 is 0.523 bits per heavy atom. The second-order valence-electron chi connectivity index (χ2n) is 32.5. The van der Waals surface area contributed by atoms with E-state index in [2.05, 4.69) is 232 Å². The summed E-state index contributed by atoms with van der Waals surface area (Å²) >= 11 is 1.83. The Hall–Kier alpha value is -17.9.